The van der Waals surface area contributed by atoms with Crippen molar-refractivity contribution in [3.63, 3.8) is 0 Å². The Kier molecular flexibility index (Phi) is 10.6. The topological polar surface area (TPSA) is 154 Å². The lowest BCUT2D eigenvalue weighted by Gasteiger charge is -2.22. The molecule has 0 fully saturated rings. The average Bonchev–Trinajstić information content (AvgIpc) is 2.75. The van der Waals surface area contributed by atoms with E-state index < -0.39 is 52.0 Å². The lowest BCUT2D eigenvalue weighted by atomic mass is 10.0. The number of ether oxygens (including phenoxy) is 1. The van der Waals surface area contributed by atoms with Gasteiger partial charge in [-0.15, -0.1) is 0 Å². The number of esters is 1. The molecular formula is C23H33N3O7S. The number of carbonyl (C=O) groups excluding carboxylic acids is 3. The van der Waals surface area contributed by atoms with E-state index in [9.17, 15) is 27.9 Å². The highest BCUT2D eigenvalue weighted by Crippen LogP contribution is 2.18. The number of aliphatic hydroxyl groups is 1. The number of rotatable bonds is 12. The van der Waals surface area contributed by atoms with Gasteiger partial charge in [0.25, 0.3) is 5.91 Å². The van der Waals surface area contributed by atoms with Gasteiger partial charge in [-0.2, -0.15) is 4.31 Å². The molecule has 0 aliphatic carbocycles. The van der Waals surface area contributed by atoms with Gasteiger partial charge in [-0.05, 0) is 38.0 Å². The summed E-state index contributed by atoms with van der Waals surface area (Å²) in [7, 11) is -3.77. The molecule has 1 aromatic carbocycles. The molecule has 0 unspecified atom stereocenters. The summed E-state index contributed by atoms with van der Waals surface area (Å²) in [5.74, 6) is -3.04. The number of amides is 1. The molecule has 0 spiro atoms. The highest BCUT2D eigenvalue weighted by atomic mass is 32.2. The fourth-order valence-electron chi connectivity index (χ4n) is 3.22. The van der Waals surface area contributed by atoms with Crippen LogP contribution in [0.1, 0.15) is 51.9 Å². The number of hydrogen-bond donors (Lipinski definition) is 3. The van der Waals surface area contributed by atoms with Crippen LogP contribution in [0.2, 0.25) is 0 Å². The van der Waals surface area contributed by atoms with E-state index in [-0.39, 0.29) is 34.8 Å². The van der Waals surface area contributed by atoms with Crippen LogP contribution < -0.4 is 5.32 Å². The predicted molar refractivity (Wildman–Crippen MR) is 127 cm³/mol. The van der Waals surface area contributed by atoms with Crippen molar-refractivity contribution in [2.75, 3.05) is 19.7 Å². The van der Waals surface area contributed by atoms with Gasteiger partial charge in [0.2, 0.25) is 10.0 Å². The van der Waals surface area contributed by atoms with Crippen LogP contribution in [0, 0.1) is 11.3 Å². The van der Waals surface area contributed by atoms with E-state index in [1.807, 2.05) is 0 Å². The molecule has 0 saturated heterocycles. The Labute approximate surface area is 200 Å². The smallest absolute Gasteiger partial charge is 0.329 e. The standard InChI is InChI=1S/C23H33N3O7S/c1-7-26(8-2)34(31,32)18-11-9-10-17(12-18)22(29)25-21(14(3)4)23(30)33-13-19(28)20(15(5)24)16(6)27/h9-12,14,21,24,28H,7-8,13H2,1-6H3,(H,25,29)/b20-19-,24-15?/t21-/m0/s1. The van der Waals surface area contributed by atoms with Crippen molar-refractivity contribution in [1.29, 1.82) is 5.41 Å². The fraction of sp³-hybridized carbons (Fsp3) is 0.478. The highest BCUT2D eigenvalue weighted by molar-refractivity contribution is 7.89. The zero-order valence-electron chi connectivity index (χ0n) is 20.3. The van der Waals surface area contributed by atoms with Crippen LogP contribution in [-0.2, 0) is 24.3 Å². The molecule has 0 aliphatic rings. The van der Waals surface area contributed by atoms with Gasteiger partial charge in [-0.25, -0.2) is 13.2 Å². The van der Waals surface area contributed by atoms with E-state index in [2.05, 4.69) is 5.32 Å². The minimum atomic E-state index is -3.77. The lowest BCUT2D eigenvalue weighted by molar-refractivity contribution is -0.147. The Morgan fingerprint density at radius 1 is 1.15 bits per heavy atom. The minimum absolute atomic E-state index is 0.0404. The van der Waals surface area contributed by atoms with Crippen molar-refractivity contribution in [3.8, 4) is 0 Å². The maximum atomic E-state index is 12.8. The van der Waals surface area contributed by atoms with E-state index in [4.69, 9.17) is 10.1 Å². The molecule has 0 heterocycles. The van der Waals surface area contributed by atoms with Crippen molar-refractivity contribution < 1.29 is 32.6 Å². The molecule has 0 bridgehead atoms. The van der Waals surface area contributed by atoms with Gasteiger partial charge < -0.3 is 20.6 Å². The van der Waals surface area contributed by atoms with Gasteiger partial charge in [-0.1, -0.05) is 33.8 Å². The number of carbonyl (C=O) groups is 3. The molecule has 10 nitrogen and oxygen atoms in total. The van der Waals surface area contributed by atoms with E-state index in [0.29, 0.717) is 0 Å². The largest absolute Gasteiger partial charge is 0.508 e. The first kappa shape index (κ1) is 29.0. The Morgan fingerprint density at radius 2 is 1.74 bits per heavy atom. The molecule has 3 N–H and O–H groups in total. The average molecular weight is 496 g/mol. The first-order valence-electron chi connectivity index (χ1n) is 10.8. The molecular weight excluding hydrogens is 462 g/mol. The molecule has 34 heavy (non-hydrogen) atoms. The first-order valence-corrected chi connectivity index (χ1v) is 12.3. The zero-order chi connectivity index (χ0) is 26.2. The molecule has 1 aromatic rings. The Hall–Kier alpha value is -3.05. The predicted octanol–water partition coefficient (Wildman–Crippen LogP) is 2.46. The summed E-state index contributed by atoms with van der Waals surface area (Å²) >= 11 is 0. The highest BCUT2D eigenvalue weighted by Gasteiger charge is 2.28. The maximum absolute atomic E-state index is 12.8. The minimum Gasteiger partial charge on any atom is -0.508 e. The van der Waals surface area contributed by atoms with Gasteiger partial charge >= 0.3 is 5.97 Å². The van der Waals surface area contributed by atoms with E-state index in [1.165, 1.54) is 42.4 Å². The molecule has 1 atom stereocenters. The molecule has 0 saturated carbocycles. The molecule has 0 aromatic heterocycles. The second kappa shape index (κ2) is 12.4. The maximum Gasteiger partial charge on any atom is 0.329 e. The van der Waals surface area contributed by atoms with Crippen LogP contribution in [0.4, 0.5) is 0 Å². The van der Waals surface area contributed by atoms with Gasteiger partial charge in [0, 0.05) is 24.4 Å². The normalized spacial score (nSPS) is 13.3. The number of allylic oxidation sites excluding steroid dienone is 1. The summed E-state index contributed by atoms with van der Waals surface area (Å²) in [6.45, 7) is 9.19. The Balaban J connectivity index is 3.08. The number of Topliss-reactive ketones (excluding diaryl/α,β-unsaturated/α-hetero) is 1. The van der Waals surface area contributed by atoms with Crippen LogP contribution in [0.15, 0.2) is 40.5 Å². The SMILES string of the molecule is CCN(CC)S(=O)(=O)c1cccc(C(=O)N[C@H](C(=O)OC/C(O)=C(\C(C)=N)C(C)=O)C(C)C)c1. The van der Waals surface area contributed by atoms with Crippen molar-refractivity contribution >= 4 is 33.4 Å². The van der Waals surface area contributed by atoms with E-state index >= 15 is 0 Å². The third-order valence-electron chi connectivity index (χ3n) is 5.01. The number of sulfonamides is 1. The third-order valence-corrected chi connectivity index (χ3v) is 7.06. The number of nitrogens with one attached hydrogen (secondary N) is 2. The van der Waals surface area contributed by atoms with Crippen LogP contribution in [0.25, 0.3) is 0 Å². The second-order valence-electron chi connectivity index (χ2n) is 7.92. The molecule has 1 rings (SSSR count). The van der Waals surface area contributed by atoms with Gasteiger partial charge in [-0.3, -0.25) is 9.59 Å². The number of aliphatic hydroxyl groups excluding tert-OH is 1. The van der Waals surface area contributed by atoms with E-state index in [1.54, 1.807) is 27.7 Å². The summed E-state index contributed by atoms with van der Waals surface area (Å²) in [6.07, 6.45) is 0. The quantitative estimate of drug-likeness (QED) is 0.174. The third kappa shape index (κ3) is 7.22. The first-order chi connectivity index (χ1) is 15.8. The Bertz CT molecular complexity index is 1060. The van der Waals surface area contributed by atoms with Gasteiger partial charge in [0.1, 0.15) is 18.4 Å². The number of hydrogen-bond acceptors (Lipinski definition) is 8. The van der Waals surface area contributed by atoms with Crippen LogP contribution in [-0.4, -0.2) is 66.9 Å². The summed E-state index contributed by atoms with van der Waals surface area (Å²) in [6, 6.07) is 4.41. The fourth-order valence-corrected chi connectivity index (χ4v) is 4.72. The van der Waals surface area contributed by atoms with Crippen molar-refractivity contribution in [3.05, 3.63) is 41.2 Å². The lowest BCUT2D eigenvalue weighted by Crippen LogP contribution is -2.45. The van der Waals surface area contributed by atoms with Crippen molar-refractivity contribution in [2.45, 2.75) is 52.5 Å². The number of nitrogens with zero attached hydrogens (tertiary/aromatic N) is 1. The van der Waals surface area contributed by atoms with Gasteiger partial charge in [0.05, 0.1) is 10.5 Å². The number of benzene rings is 1. The molecule has 0 radical (unpaired) electrons. The second-order valence-corrected chi connectivity index (χ2v) is 9.86. The molecule has 1 amide bonds. The van der Waals surface area contributed by atoms with Gasteiger partial charge in [0.15, 0.2) is 5.78 Å². The van der Waals surface area contributed by atoms with Crippen molar-refractivity contribution in [1.82, 2.24) is 9.62 Å². The summed E-state index contributed by atoms with van der Waals surface area (Å²) in [4.78, 5) is 37.0. The molecule has 0 aliphatic heterocycles. The number of ketones is 1. The van der Waals surface area contributed by atoms with Crippen LogP contribution >= 0.6 is 0 Å². The van der Waals surface area contributed by atoms with Crippen molar-refractivity contribution in [2.24, 2.45) is 5.92 Å². The zero-order valence-corrected chi connectivity index (χ0v) is 21.2. The summed E-state index contributed by atoms with van der Waals surface area (Å²) in [5.41, 5.74) is -0.369. The van der Waals surface area contributed by atoms with Crippen LogP contribution in [0.5, 0.6) is 0 Å². The van der Waals surface area contributed by atoms with Crippen LogP contribution in [0.3, 0.4) is 0 Å². The summed E-state index contributed by atoms with van der Waals surface area (Å²) in [5, 5.41) is 20.2. The van der Waals surface area contributed by atoms with E-state index in [0.717, 1.165) is 0 Å². The monoisotopic (exact) mass is 495 g/mol. The summed E-state index contributed by atoms with van der Waals surface area (Å²) < 4.78 is 31.9. The molecule has 188 valence electrons. The Morgan fingerprint density at radius 3 is 2.21 bits per heavy atom. The molecule has 11 heteroatoms.